The molecular weight excluding hydrogens is 220 g/mol. The van der Waals surface area contributed by atoms with Crippen molar-refractivity contribution in [1.29, 1.82) is 0 Å². The van der Waals surface area contributed by atoms with Gasteiger partial charge in [0.05, 0.1) is 0 Å². The van der Waals surface area contributed by atoms with Crippen molar-refractivity contribution in [2.75, 3.05) is 32.7 Å². The number of unbranched alkanes of at least 4 members (excludes halogenated alkanes) is 1. The van der Waals surface area contributed by atoms with Crippen LogP contribution in [0, 0.1) is 0 Å². The maximum Gasteiger partial charge on any atom is 0.328 e. The van der Waals surface area contributed by atoms with Gasteiger partial charge in [0.15, 0.2) is 0 Å². The van der Waals surface area contributed by atoms with Crippen molar-refractivity contribution >= 4 is 11.9 Å². The number of carboxylic acid groups (broad SMARTS) is 1. The second kappa shape index (κ2) is 7.06. The van der Waals surface area contributed by atoms with E-state index < -0.39 is 5.97 Å². The first-order valence-electron chi connectivity index (χ1n) is 6.05. The van der Waals surface area contributed by atoms with Gasteiger partial charge in [-0.1, -0.05) is 13.3 Å². The summed E-state index contributed by atoms with van der Waals surface area (Å²) >= 11 is 0. The summed E-state index contributed by atoms with van der Waals surface area (Å²) in [5, 5.41) is 8.43. The minimum Gasteiger partial charge on any atom is -0.478 e. The van der Waals surface area contributed by atoms with Gasteiger partial charge in [-0.15, -0.1) is 0 Å². The van der Waals surface area contributed by atoms with Gasteiger partial charge >= 0.3 is 5.97 Å². The number of aliphatic carboxylic acids is 1. The van der Waals surface area contributed by atoms with Crippen molar-refractivity contribution in [2.24, 2.45) is 0 Å². The van der Waals surface area contributed by atoms with E-state index in [1.165, 1.54) is 12.8 Å². The van der Waals surface area contributed by atoms with Crippen LogP contribution >= 0.6 is 0 Å². The summed E-state index contributed by atoms with van der Waals surface area (Å²) in [4.78, 5) is 25.9. The van der Waals surface area contributed by atoms with Crippen LogP contribution in [0.2, 0.25) is 0 Å². The van der Waals surface area contributed by atoms with E-state index in [0.717, 1.165) is 31.8 Å². The molecule has 5 nitrogen and oxygen atoms in total. The van der Waals surface area contributed by atoms with Crippen molar-refractivity contribution < 1.29 is 14.7 Å². The van der Waals surface area contributed by atoms with Crippen LogP contribution in [0.3, 0.4) is 0 Å². The Bertz CT molecular complexity index is 294. The molecule has 0 bridgehead atoms. The van der Waals surface area contributed by atoms with Crippen molar-refractivity contribution in [3.8, 4) is 0 Å². The normalized spacial score (nSPS) is 17.6. The van der Waals surface area contributed by atoms with E-state index in [0.29, 0.717) is 13.1 Å². The lowest BCUT2D eigenvalue weighted by Gasteiger charge is -2.34. The fourth-order valence-corrected chi connectivity index (χ4v) is 1.82. The lowest BCUT2D eigenvalue weighted by atomic mass is 10.2. The Kier molecular flexibility index (Phi) is 5.69. The van der Waals surface area contributed by atoms with Crippen molar-refractivity contribution in [1.82, 2.24) is 9.80 Å². The summed E-state index contributed by atoms with van der Waals surface area (Å²) in [5.74, 6) is -1.29. The summed E-state index contributed by atoms with van der Waals surface area (Å²) in [6.45, 7) is 6.39. The molecule has 1 N–H and O–H groups in total. The van der Waals surface area contributed by atoms with Crippen molar-refractivity contribution in [3.05, 3.63) is 12.2 Å². The van der Waals surface area contributed by atoms with Crippen LogP contribution in [-0.2, 0) is 9.59 Å². The van der Waals surface area contributed by atoms with E-state index in [4.69, 9.17) is 5.11 Å². The van der Waals surface area contributed by atoms with E-state index >= 15 is 0 Å². The van der Waals surface area contributed by atoms with Crippen molar-refractivity contribution in [3.63, 3.8) is 0 Å². The van der Waals surface area contributed by atoms with Crippen LogP contribution in [0.15, 0.2) is 12.2 Å². The van der Waals surface area contributed by atoms with Gasteiger partial charge < -0.3 is 10.0 Å². The molecule has 0 aromatic rings. The molecule has 1 aliphatic heterocycles. The number of piperazine rings is 1. The molecule has 1 amide bonds. The van der Waals surface area contributed by atoms with E-state index in [1.807, 2.05) is 0 Å². The molecule has 0 aliphatic carbocycles. The third-order valence-corrected chi connectivity index (χ3v) is 2.88. The van der Waals surface area contributed by atoms with Gasteiger partial charge in [0.2, 0.25) is 5.91 Å². The SMILES string of the molecule is CCCCN1CCN(C(=O)/C=C/C(=O)O)CC1. The number of rotatable bonds is 5. The minimum atomic E-state index is -1.08. The second-order valence-electron chi connectivity index (χ2n) is 4.19. The molecule has 5 heteroatoms. The van der Waals surface area contributed by atoms with Crippen LogP contribution in [-0.4, -0.2) is 59.5 Å². The molecule has 0 aromatic carbocycles. The molecule has 0 atom stereocenters. The van der Waals surface area contributed by atoms with E-state index in [9.17, 15) is 9.59 Å². The molecule has 17 heavy (non-hydrogen) atoms. The highest BCUT2D eigenvalue weighted by Gasteiger charge is 2.18. The van der Waals surface area contributed by atoms with Gasteiger partial charge in [-0.05, 0) is 13.0 Å². The zero-order valence-electron chi connectivity index (χ0n) is 10.3. The first kappa shape index (κ1) is 13.7. The van der Waals surface area contributed by atoms with Gasteiger partial charge in [0, 0.05) is 38.3 Å². The third kappa shape index (κ3) is 4.99. The zero-order valence-corrected chi connectivity index (χ0v) is 10.3. The van der Waals surface area contributed by atoms with E-state index in [-0.39, 0.29) is 5.91 Å². The van der Waals surface area contributed by atoms with Crippen LogP contribution in [0.1, 0.15) is 19.8 Å². The first-order valence-corrected chi connectivity index (χ1v) is 6.05. The quantitative estimate of drug-likeness (QED) is 0.714. The summed E-state index contributed by atoms with van der Waals surface area (Å²) < 4.78 is 0. The maximum absolute atomic E-state index is 11.6. The minimum absolute atomic E-state index is 0.206. The zero-order chi connectivity index (χ0) is 12.7. The number of carbonyl (C=O) groups is 2. The average Bonchev–Trinajstić information content (AvgIpc) is 2.34. The molecule has 1 heterocycles. The number of nitrogens with zero attached hydrogens (tertiary/aromatic N) is 2. The third-order valence-electron chi connectivity index (χ3n) is 2.88. The second-order valence-corrected chi connectivity index (χ2v) is 4.19. The van der Waals surface area contributed by atoms with Gasteiger partial charge in [0.25, 0.3) is 0 Å². The molecule has 0 unspecified atom stereocenters. The number of amides is 1. The Hall–Kier alpha value is -1.36. The standard InChI is InChI=1S/C12H20N2O3/c1-2-3-6-13-7-9-14(10-8-13)11(15)4-5-12(16)17/h4-5H,2-3,6-10H2,1H3,(H,16,17)/b5-4+. The Morgan fingerprint density at radius 3 is 2.35 bits per heavy atom. The number of hydrogen-bond donors (Lipinski definition) is 1. The monoisotopic (exact) mass is 240 g/mol. The molecule has 1 fully saturated rings. The number of carbonyl (C=O) groups excluding carboxylic acids is 1. The summed E-state index contributed by atoms with van der Waals surface area (Å²) in [5.41, 5.74) is 0. The Morgan fingerprint density at radius 2 is 1.82 bits per heavy atom. The number of carboxylic acids is 1. The largest absolute Gasteiger partial charge is 0.478 e. The fourth-order valence-electron chi connectivity index (χ4n) is 1.82. The van der Waals surface area contributed by atoms with E-state index in [1.54, 1.807) is 4.90 Å². The molecule has 0 aromatic heterocycles. The molecule has 96 valence electrons. The highest BCUT2D eigenvalue weighted by atomic mass is 16.4. The van der Waals surface area contributed by atoms with Crippen molar-refractivity contribution in [2.45, 2.75) is 19.8 Å². The average molecular weight is 240 g/mol. The van der Waals surface area contributed by atoms with Gasteiger partial charge in [0.1, 0.15) is 0 Å². The predicted molar refractivity (Wildman–Crippen MR) is 64.7 cm³/mol. The maximum atomic E-state index is 11.6. The molecule has 0 spiro atoms. The fraction of sp³-hybridized carbons (Fsp3) is 0.667. The van der Waals surface area contributed by atoms with Gasteiger partial charge in [-0.2, -0.15) is 0 Å². The Morgan fingerprint density at radius 1 is 1.18 bits per heavy atom. The summed E-state index contributed by atoms with van der Waals surface area (Å²) in [6.07, 6.45) is 4.39. The molecule has 1 aliphatic rings. The molecule has 0 saturated carbocycles. The smallest absolute Gasteiger partial charge is 0.328 e. The van der Waals surface area contributed by atoms with Crippen LogP contribution in [0.4, 0.5) is 0 Å². The topological polar surface area (TPSA) is 60.9 Å². The molecular formula is C12H20N2O3. The molecule has 0 radical (unpaired) electrons. The Balaban J connectivity index is 2.31. The van der Waals surface area contributed by atoms with Crippen LogP contribution < -0.4 is 0 Å². The molecule has 1 rings (SSSR count). The van der Waals surface area contributed by atoms with E-state index in [2.05, 4.69) is 11.8 Å². The Labute approximate surface area is 102 Å². The molecule has 1 saturated heterocycles. The van der Waals surface area contributed by atoms with Gasteiger partial charge in [-0.25, -0.2) is 4.79 Å². The number of hydrogen-bond acceptors (Lipinski definition) is 3. The summed E-state index contributed by atoms with van der Waals surface area (Å²) in [6, 6.07) is 0. The summed E-state index contributed by atoms with van der Waals surface area (Å²) in [7, 11) is 0. The lowest BCUT2D eigenvalue weighted by Crippen LogP contribution is -2.48. The van der Waals surface area contributed by atoms with Gasteiger partial charge in [-0.3, -0.25) is 9.69 Å². The predicted octanol–water partition coefficient (Wildman–Crippen LogP) is 0.572. The highest BCUT2D eigenvalue weighted by molar-refractivity contribution is 5.93. The first-order chi connectivity index (χ1) is 8.13. The lowest BCUT2D eigenvalue weighted by molar-refractivity contribution is -0.132. The van der Waals surface area contributed by atoms with Crippen LogP contribution in [0.5, 0.6) is 0 Å². The van der Waals surface area contributed by atoms with Crippen LogP contribution in [0.25, 0.3) is 0 Å². The highest BCUT2D eigenvalue weighted by Crippen LogP contribution is 2.04.